The van der Waals surface area contributed by atoms with Crippen molar-refractivity contribution < 1.29 is 33.4 Å². The summed E-state index contributed by atoms with van der Waals surface area (Å²) >= 11 is 6.60. The summed E-state index contributed by atoms with van der Waals surface area (Å²) in [5, 5.41) is 13.0. The SMILES string of the molecule is Cc1ccc(C(NCCCCC(NC(=O)OCC2c3ccccc3-c3ccccc32)C(=O)NC(CC(c2ccccc2)(c2ccccc2)c2ccccc2)C(=S)N2CCC[C@H]2C(=O)OCC(=O)NC(C(N)=O)C(C)C)(c2ccccc2)c2ccccc2)cc1. The fraction of sp³-hybridized carbons (Fsp3) is 0.280. The van der Waals surface area contributed by atoms with Crippen molar-refractivity contribution in [2.45, 2.75) is 100 Å². The quantitative estimate of drug-likeness (QED) is 0.0151. The molecule has 456 valence electrons. The van der Waals surface area contributed by atoms with Gasteiger partial charge >= 0.3 is 12.1 Å². The molecule has 8 aromatic carbocycles. The average Bonchev–Trinajstić information content (AvgIpc) is 2.07. The number of esters is 1. The number of hydrogen-bond acceptors (Lipinski definition) is 9. The Morgan fingerprint density at radius 1 is 0.584 bits per heavy atom. The zero-order valence-corrected chi connectivity index (χ0v) is 51.5. The van der Waals surface area contributed by atoms with Crippen molar-refractivity contribution in [2.75, 3.05) is 26.3 Å². The Kier molecular flexibility index (Phi) is 20.6. The van der Waals surface area contributed by atoms with E-state index in [4.69, 9.17) is 27.4 Å². The zero-order chi connectivity index (χ0) is 62.3. The highest BCUT2D eigenvalue weighted by Crippen LogP contribution is 2.46. The van der Waals surface area contributed by atoms with Gasteiger partial charge in [0, 0.05) is 17.9 Å². The van der Waals surface area contributed by atoms with Gasteiger partial charge in [0.2, 0.25) is 11.8 Å². The molecule has 0 bridgehead atoms. The molecule has 0 aromatic heterocycles. The van der Waals surface area contributed by atoms with E-state index < -0.39 is 71.5 Å². The number of carbonyl (C=O) groups is 5. The van der Waals surface area contributed by atoms with Gasteiger partial charge in [0.1, 0.15) is 29.7 Å². The third-order valence-electron chi connectivity index (χ3n) is 17.5. The van der Waals surface area contributed by atoms with Gasteiger partial charge in [-0.15, -0.1) is 0 Å². The molecule has 10 rings (SSSR count). The topological polar surface area (TPSA) is 181 Å². The van der Waals surface area contributed by atoms with Crippen LogP contribution in [0.1, 0.15) is 108 Å². The summed E-state index contributed by atoms with van der Waals surface area (Å²) in [7, 11) is 0. The second-order valence-electron chi connectivity index (χ2n) is 23.6. The third kappa shape index (κ3) is 14.2. The van der Waals surface area contributed by atoms with E-state index in [1.807, 2.05) is 91.0 Å². The molecule has 8 aromatic rings. The van der Waals surface area contributed by atoms with Gasteiger partial charge in [-0.2, -0.15) is 0 Å². The van der Waals surface area contributed by atoms with Crippen LogP contribution in [-0.4, -0.2) is 90.1 Å². The van der Waals surface area contributed by atoms with Crippen LogP contribution in [0.2, 0.25) is 0 Å². The molecule has 1 aliphatic carbocycles. The molecule has 6 N–H and O–H groups in total. The molecule has 14 heteroatoms. The number of primary amides is 1. The number of likely N-dealkylation sites (tertiary alicyclic amines) is 1. The van der Waals surface area contributed by atoms with Crippen LogP contribution < -0.4 is 27.0 Å². The van der Waals surface area contributed by atoms with Crippen molar-refractivity contribution in [1.29, 1.82) is 0 Å². The van der Waals surface area contributed by atoms with Crippen molar-refractivity contribution in [1.82, 2.24) is 26.2 Å². The number of fused-ring (bicyclic) bond motifs is 3. The van der Waals surface area contributed by atoms with E-state index >= 15 is 4.79 Å². The van der Waals surface area contributed by atoms with Crippen molar-refractivity contribution in [3.63, 3.8) is 0 Å². The molecule has 0 spiro atoms. The van der Waals surface area contributed by atoms with Crippen LogP contribution in [0.3, 0.4) is 0 Å². The number of nitrogens with one attached hydrogen (secondary N) is 4. The number of nitrogens with zero attached hydrogens (tertiary/aromatic N) is 1. The van der Waals surface area contributed by atoms with E-state index in [2.05, 4.69) is 162 Å². The average molecular weight is 1210 g/mol. The lowest BCUT2D eigenvalue weighted by Gasteiger charge is -2.41. The largest absolute Gasteiger partial charge is 0.454 e. The van der Waals surface area contributed by atoms with Crippen LogP contribution in [-0.2, 0) is 39.6 Å². The summed E-state index contributed by atoms with van der Waals surface area (Å²) in [6.07, 6.45) is 1.70. The Labute approximate surface area is 527 Å². The van der Waals surface area contributed by atoms with E-state index in [-0.39, 0.29) is 36.3 Å². The van der Waals surface area contributed by atoms with Crippen LogP contribution >= 0.6 is 12.2 Å². The molecule has 4 atom stereocenters. The Morgan fingerprint density at radius 2 is 1.07 bits per heavy atom. The van der Waals surface area contributed by atoms with Gasteiger partial charge in [-0.3, -0.25) is 19.7 Å². The molecule has 1 aliphatic heterocycles. The molecular formula is C75H78N6O7S. The second kappa shape index (κ2) is 29.2. The summed E-state index contributed by atoms with van der Waals surface area (Å²) in [5.74, 6) is -3.06. The molecule has 0 saturated carbocycles. The number of hydrogen-bond donors (Lipinski definition) is 5. The minimum absolute atomic E-state index is 0.0379. The number of rotatable bonds is 26. The molecule has 2 aliphatic rings. The van der Waals surface area contributed by atoms with Gasteiger partial charge in [-0.1, -0.05) is 256 Å². The van der Waals surface area contributed by atoms with Crippen LogP contribution in [0.25, 0.3) is 11.1 Å². The Balaban J connectivity index is 0.978. The van der Waals surface area contributed by atoms with Crippen LogP contribution in [0.5, 0.6) is 0 Å². The fourth-order valence-corrected chi connectivity index (χ4v) is 13.4. The minimum atomic E-state index is -1.12. The Hall–Kier alpha value is -9.24. The highest BCUT2D eigenvalue weighted by atomic mass is 32.1. The van der Waals surface area contributed by atoms with E-state index in [1.54, 1.807) is 18.7 Å². The minimum Gasteiger partial charge on any atom is -0.454 e. The third-order valence-corrected chi connectivity index (χ3v) is 18.0. The summed E-state index contributed by atoms with van der Waals surface area (Å²) in [6.45, 7) is 5.88. The van der Waals surface area contributed by atoms with Crippen LogP contribution in [0.4, 0.5) is 4.79 Å². The van der Waals surface area contributed by atoms with Crippen molar-refractivity contribution in [3.05, 3.63) is 275 Å². The summed E-state index contributed by atoms with van der Waals surface area (Å²) in [5.41, 5.74) is 15.4. The number of ether oxygens (including phenoxy) is 2. The molecule has 1 heterocycles. The van der Waals surface area contributed by atoms with Crippen molar-refractivity contribution in [2.24, 2.45) is 11.7 Å². The first-order valence-corrected chi connectivity index (χ1v) is 31.3. The summed E-state index contributed by atoms with van der Waals surface area (Å²) < 4.78 is 11.9. The second-order valence-corrected chi connectivity index (χ2v) is 24.0. The molecular weight excluding hydrogens is 1130 g/mol. The maximum atomic E-state index is 15.8. The molecule has 3 unspecified atom stereocenters. The van der Waals surface area contributed by atoms with Gasteiger partial charge in [-0.05, 0) is 114 Å². The lowest BCUT2D eigenvalue weighted by atomic mass is 9.66. The Bertz CT molecular complexity index is 3520. The van der Waals surface area contributed by atoms with E-state index in [9.17, 15) is 19.2 Å². The van der Waals surface area contributed by atoms with Crippen LogP contribution in [0, 0.1) is 12.8 Å². The van der Waals surface area contributed by atoms with E-state index in [0.29, 0.717) is 38.8 Å². The van der Waals surface area contributed by atoms with E-state index in [0.717, 1.165) is 61.2 Å². The van der Waals surface area contributed by atoms with Crippen molar-refractivity contribution >= 4 is 47.0 Å². The number of benzene rings is 8. The van der Waals surface area contributed by atoms with Crippen molar-refractivity contribution in [3.8, 4) is 11.1 Å². The number of aryl methyl sites for hydroxylation is 1. The maximum absolute atomic E-state index is 15.8. The molecule has 1 fully saturated rings. The molecule has 1 saturated heterocycles. The predicted octanol–water partition coefficient (Wildman–Crippen LogP) is 11.8. The van der Waals surface area contributed by atoms with Crippen LogP contribution in [0.15, 0.2) is 224 Å². The lowest BCUT2D eigenvalue weighted by Crippen LogP contribution is -2.57. The van der Waals surface area contributed by atoms with Gasteiger partial charge in [0.15, 0.2) is 6.61 Å². The van der Waals surface area contributed by atoms with Gasteiger partial charge in [-0.25, -0.2) is 9.59 Å². The fourth-order valence-electron chi connectivity index (χ4n) is 13.1. The normalized spacial score (nSPS) is 14.8. The lowest BCUT2D eigenvalue weighted by molar-refractivity contribution is -0.152. The monoisotopic (exact) mass is 1210 g/mol. The summed E-state index contributed by atoms with van der Waals surface area (Å²) in [6, 6.07) is 72.0. The zero-order valence-electron chi connectivity index (χ0n) is 50.7. The molecule has 4 amide bonds. The van der Waals surface area contributed by atoms with E-state index in [1.165, 1.54) is 0 Å². The Morgan fingerprint density at radius 3 is 1.57 bits per heavy atom. The molecule has 0 radical (unpaired) electrons. The number of unbranched alkanes of at least 4 members (excludes halogenated alkanes) is 1. The number of thiocarbonyl (C=S) groups is 1. The van der Waals surface area contributed by atoms with Gasteiger partial charge in [0.05, 0.1) is 11.6 Å². The first-order chi connectivity index (χ1) is 43.3. The van der Waals surface area contributed by atoms with Gasteiger partial charge in [0.25, 0.3) is 5.91 Å². The van der Waals surface area contributed by atoms with Gasteiger partial charge < -0.3 is 36.1 Å². The highest BCUT2D eigenvalue weighted by Gasteiger charge is 2.45. The number of amides is 4. The smallest absolute Gasteiger partial charge is 0.407 e. The summed E-state index contributed by atoms with van der Waals surface area (Å²) in [4.78, 5) is 72.1. The maximum Gasteiger partial charge on any atom is 0.407 e. The highest BCUT2D eigenvalue weighted by molar-refractivity contribution is 7.80. The first kappa shape index (κ1) is 62.8. The predicted molar refractivity (Wildman–Crippen MR) is 353 cm³/mol. The standard InChI is InChI=1S/C75H78N6O7S/c1-51(2)68(69(76)83)80-67(82)50-87-72(85)66-41-25-47-81(66)71(89)65(48-74(53-26-9-4-10-27-53,54-28-11-5-12-29-54)55-30-13-6-14-31-55)78-70(84)64(79-73(86)88-49-63-61-38-21-19-36-59(61)60-37-20-22-39-62(60)63)40-23-24-46-77-75(56-32-15-7-16-33-56,57-34-17-8-18-35-57)58-44-42-52(3)43-45-58/h4-22,26-39,42-45,51,63-66,68,77H,23-25,40-41,46-50H2,1-3H3,(H2,76,83)(H,78,84)(H,79,86)(H,80,82)/t64?,65?,66-,68?/m0/s1. The number of carbonyl (C=O) groups excluding carboxylic acids is 5. The number of nitrogens with two attached hydrogens (primary N) is 1. The number of alkyl carbamates (subject to hydrolysis) is 1. The molecule has 13 nitrogen and oxygen atoms in total. The first-order valence-electron chi connectivity index (χ1n) is 30.9. The molecule has 89 heavy (non-hydrogen) atoms.